The second-order valence-electron chi connectivity index (χ2n) is 7.77. The van der Waals surface area contributed by atoms with Crippen molar-refractivity contribution in [2.24, 2.45) is 0 Å². The van der Waals surface area contributed by atoms with Crippen molar-refractivity contribution >= 4 is 28.2 Å². The minimum absolute atomic E-state index is 0.259. The highest BCUT2D eigenvalue weighted by Crippen LogP contribution is 2.37. The number of nitrogens with one attached hydrogen (secondary N) is 1. The quantitative estimate of drug-likeness (QED) is 0.315. The zero-order chi connectivity index (χ0) is 23.4. The topological polar surface area (TPSA) is 55.4 Å². The Morgan fingerprint density at radius 3 is 2.18 bits per heavy atom. The summed E-state index contributed by atoms with van der Waals surface area (Å²) in [5.41, 5.74) is 7.03. The number of amides is 1. The van der Waals surface area contributed by atoms with E-state index in [2.05, 4.69) is 5.32 Å². The molecule has 0 fully saturated rings. The number of esters is 1. The first-order valence-electron chi connectivity index (χ1n) is 10.8. The fraction of sp³-hybridized carbons (Fsp3) is 0.143. The minimum Gasteiger partial charge on any atom is -0.462 e. The van der Waals surface area contributed by atoms with Crippen LogP contribution in [-0.4, -0.2) is 18.5 Å². The molecule has 0 atom stereocenters. The molecule has 1 heterocycles. The number of carbonyl (C=O) groups is 2. The van der Waals surface area contributed by atoms with E-state index in [0.717, 1.165) is 27.8 Å². The molecule has 4 rings (SSSR count). The summed E-state index contributed by atoms with van der Waals surface area (Å²) in [5, 5.41) is 5.30. The number of ether oxygens (including phenoxy) is 1. The highest BCUT2D eigenvalue weighted by atomic mass is 32.1. The second kappa shape index (κ2) is 9.84. The lowest BCUT2D eigenvalue weighted by Crippen LogP contribution is -2.14. The van der Waals surface area contributed by atoms with Crippen LogP contribution >= 0.6 is 11.3 Å². The molecule has 1 amide bonds. The van der Waals surface area contributed by atoms with Crippen molar-refractivity contribution in [2.45, 2.75) is 20.8 Å². The predicted octanol–water partition coefficient (Wildman–Crippen LogP) is 7.13. The maximum atomic E-state index is 13.0. The Morgan fingerprint density at radius 1 is 0.848 bits per heavy atom. The number of hydrogen-bond acceptors (Lipinski definition) is 4. The number of rotatable bonds is 6. The van der Waals surface area contributed by atoms with E-state index in [-0.39, 0.29) is 12.5 Å². The molecule has 5 heteroatoms. The Balaban J connectivity index is 1.63. The highest BCUT2D eigenvalue weighted by Gasteiger charge is 2.23. The maximum absolute atomic E-state index is 13.0. The van der Waals surface area contributed by atoms with Gasteiger partial charge in [-0.3, -0.25) is 4.79 Å². The molecular weight excluding hydrogens is 430 g/mol. The van der Waals surface area contributed by atoms with E-state index in [1.165, 1.54) is 16.9 Å². The average molecular weight is 456 g/mol. The van der Waals surface area contributed by atoms with Crippen molar-refractivity contribution in [1.82, 2.24) is 0 Å². The van der Waals surface area contributed by atoms with Gasteiger partial charge in [0, 0.05) is 16.5 Å². The third kappa shape index (κ3) is 4.89. The van der Waals surface area contributed by atoms with Crippen molar-refractivity contribution in [3.8, 4) is 22.3 Å². The molecule has 0 saturated carbocycles. The molecule has 0 spiro atoms. The summed E-state index contributed by atoms with van der Waals surface area (Å²) in [4.78, 5) is 25.8. The van der Waals surface area contributed by atoms with E-state index in [1.54, 1.807) is 19.1 Å². The third-order valence-electron chi connectivity index (χ3n) is 5.57. The fourth-order valence-corrected chi connectivity index (χ4v) is 4.55. The van der Waals surface area contributed by atoms with Crippen LogP contribution in [-0.2, 0) is 4.74 Å². The van der Waals surface area contributed by atoms with Crippen LogP contribution in [0.2, 0.25) is 0 Å². The molecular formula is C28H25NO3S. The number of carbonyl (C=O) groups excluding carboxylic acids is 2. The third-order valence-corrected chi connectivity index (χ3v) is 6.47. The molecule has 0 unspecified atom stereocenters. The summed E-state index contributed by atoms with van der Waals surface area (Å²) in [6, 6.07) is 23.5. The molecule has 166 valence electrons. The summed E-state index contributed by atoms with van der Waals surface area (Å²) in [7, 11) is 0. The van der Waals surface area contributed by atoms with Crippen molar-refractivity contribution in [1.29, 1.82) is 0 Å². The first-order valence-corrected chi connectivity index (χ1v) is 11.7. The summed E-state index contributed by atoms with van der Waals surface area (Å²) >= 11 is 1.33. The number of benzene rings is 3. The van der Waals surface area contributed by atoms with Gasteiger partial charge in [0.2, 0.25) is 0 Å². The molecule has 0 saturated heterocycles. The largest absolute Gasteiger partial charge is 0.462 e. The van der Waals surface area contributed by atoms with Crippen molar-refractivity contribution in [2.75, 3.05) is 11.9 Å². The van der Waals surface area contributed by atoms with Crippen LogP contribution < -0.4 is 5.32 Å². The summed E-state index contributed by atoms with van der Waals surface area (Å²) in [6.45, 7) is 6.12. The molecule has 0 aliphatic heterocycles. The molecule has 3 aromatic carbocycles. The van der Waals surface area contributed by atoms with Gasteiger partial charge >= 0.3 is 5.97 Å². The van der Waals surface area contributed by atoms with E-state index in [0.29, 0.717) is 16.1 Å². The Morgan fingerprint density at radius 2 is 1.52 bits per heavy atom. The van der Waals surface area contributed by atoms with Crippen LogP contribution in [0.3, 0.4) is 0 Å². The van der Waals surface area contributed by atoms with Gasteiger partial charge in [0.15, 0.2) is 0 Å². The smallest absolute Gasteiger partial charge is 0.341 e. The van der Waals surface area contributed by atoms with Crippen molar-refractivity contribution in [3.05, 3.63) is 100 Å². The first-order chi connectivity index (χ1) is 16.0. The van der Waals surface area contributed by atoms with Crippen LogP contribution in [0, 0.1) is 13.8 Å². The van der Waals surface area contributed by atoms with Crippen molar-refractivity contribution < 1.29 is 14.3 Å². The molecule has 1 aromatic heterocycles. The van der Waals surface area contributed by atoms with Gasteiger partial charge in [0.05, 0.1) is 6.61 Å². The minimum atomic E-state index is -0.443. The van der Waals surface area contributed by atoms with E-state index in [4.69, 9.17) is 4.74 Å². The lowest BCUT2D eigenvalue weighted by atomic mass is 9.99. The van der Waals surface area contributed by atoms with E-state index < -0.39 is 5.97 Å². The fourth-order valence-electron chi connectivity index (χ4n) is 3.60. The normalized spacial score (nSPS) is 10.6. The molecule has 4 aromatic rings. The van der Waals surface area contributed by atoms with E-state index >= 15 is 0 Å². The van der Waals surface area contributed by atoms with Crippen LogP contribution in [0.5, 0.6) is 0 Å². The molecule has 0 aliphatic rings. The number of anilines is 1. The molecule has 4 nitrogen and oxygen atoms in total. The lowest BCUT2D eigenvalue weighted by molar-refractivity contribution is 0.0529. The van der Waals surface area contributed by atoms with Crippen LogP contribution in [0.25, 0.3) is 22.3 Å². The first kappa shape index (κ1) is 22.5. The standard InChI is InChI=1S/C28H25NO3S/c1-4-32-28(31)25-24(23-11-10-18(2)19(3)16-23)17-33-27(25)29-26(30)22-14-12-21(13-15-22)20-8-6-5-7-9-20/h5-17H,4H2,1-3H3,(H,29,30). The van der Waals surface area contributed by atoms with Crippen LogP contribution in [0.15, 0.2) is 78.2 Å². The molecule has 1 N–H and O–H groups in total. The molecule has 0 aliphatic carbocycles. The van der Waals surface area contributed by atoms with Gasteiger partial charge in [-0.2, -0.15) is 0 Å². The molecule has 33 heavy (non-hydrogen) atoms. The Bertz CT molecular complexity index is 1290. The van der Waals surface area contributed by atoms with Gasteiger partial charge in [-0.25, -0.2) is 4.79 Å². The predicted molar refractivity (Wildman–Crippen MR) is 135 cm³/mol. The summed E-state index contributed by atoms with van der Waals surface area (Å²) in [5.74, 6) is -0.713. The Labute approximate surface area is 197 Å². The van der Waals surface area contributed by atoms with E-state index in [9.17, 15) is 9.59 Å². The average Bonchev–Trinajstić information content (AvgIpc) is 3.25. The number of hydrogen-bond donors (Lipinski definition) is 1. The molecule has 0 radical (unpaired) electrons. The Hall–Kier alpha value is -3.70. The molecule has 0 bridgehead atoms. The van der Waals surface area contributed by atoms with Gasteiger partial charge in [0.1, 0.15) is 10.6 Å². The van der Waals surface area contributed by atoms with Gasteiger partial charge in [0.25, 0.3) is 5.91 Å². The van der Waals surface area contributed by atoms with Crippen molar-refractivity contribution in [3.63, 3.8) is 0 Å². The zero-order valence-corrected chi connectivity index (χ0v) is 19.7. The Kier molecular flexibility index (Phi) is 6.71. The van der Waals surface area contributed by atoms with Gasteiger partial charge in [-0.15, -0.1) is 11.3 Å². The van der Waals surface area contributed by atoms with Crippen LogP contribution in [0.4, 0.5) is 5.00 Å². The highest BCUT2D eigenvalue weighted by molar-refractivity contribution is 7.15. The summed E-state index contributed by atoms with van der Waals surface area (Å²) in [6.07, 6.45) is 0. The SMILES string of the molecule is CCOC(=O)c1c(-c2ccc(C)c(C)c2)csc1NC(=O)c1ccc(-c2ccccc2)cc1. The number of aryl methyl sites for hydroxylation is 2. The van der Waals surface area contributed by atoms with E-state index in [1.807, 2.05) is 79.9 Å². The van der Waals surface area contributed by atoms with Gasteiger partial charge in [-0.05, 0) is 60.7 Å². The zero-order valence-electron chi connectivity index (χ0n) is 18.8. The monoisotopic (exact) mass is 455 g/mol. The summed E-state index contributed by atoms with van der Waals surface area (Å²) < 4.78 is 5.31. The second-order valence-corrected chi connectivity index (χ2v) is 8.65. The maximum Gasteiger partial charge on any atom is 0.341 e. The van der Waals surface area contributed by atoms with Gasteiger partial charge < -0.3 is 10.1 Å². The lowest BCUT2D eigenvalue weighted by Gasteiger charge is -2.10. The number of thiophene rings is 1. The van der Waals surface area contributed by atoms with Crippen LogP contribution in [0.1, 0.15) is 38.8 Å². The van der Waals surface area contributed by atoms with Gasteiger partial charge in [-0.1, -0.05) is 60.7 Å².